The molecule has 0 aliphatic carbocycles. The van der Waals surface area contributed by atoms with Crippen LogP contribution in [0.2, 0.25) is 0 Å². The second-order valence-electron chi connectivity index (χ2n) is 24.0. The number of aryl methyl sites for hydroxylation is 4. The molecule has 0 amide bonds. The molecule has 1 fully saturated rings. The first-order valence-corrected chi connectivity index (χ1v) is 28.5. The highest BCUT2D eigenvalue weighted by atomic mass is 19.3. The van der Waals surface area contributed by atoms with E-state index in [1.54, 1.807) is 50.2 Å². The van der Waals surface area contributed by atoms with Crippen molar-refractivity contribution in [3.8, 4) is 22.3 Å². The highest BCUT2D eigenvalue weighted by Gasteiger charge is 2.41. The number of carbonyl (C=O) groups is 4. The first-order valence-electron chi connectivity index (χ1n) is 28.5. The molecule has 1 aliphatic heterocycles. The van der Waals surface area contributed by atoms with E-state index >= 15 is 0 Å². The van der Waals surface area contributed by atoms with Crippen molar-refractivity contribution < 1.29 is 32.3 Å². The first kappa shape index (κ1) is 64.2. The molecule has 0 spiro atoms. The van der Waals surface area contributed by atoms with E-state index in [2.05, 4.69) is 35.9 Å². The summed E-state index contributed by atoms with van der Waals surface area (Å²) in [4.78, 5) is 91.1. The van der Waals surface area contributed by atoms with Crippen molar-refractivity contribution in [3.63, 3.8) is 0 Å². The van der Waals surface area contributed by atoms with Gasteiger partial charge < -0.3 is 18.7 Å². The van der Waals surface area contributed by atoms with E-state index in [1.807, 2.05) is 96.1 Å². The summed E-state index contributed by atoms with van der Waals surface area (Å²) in [7, 11) is 3.44. The quantitative estimate of drug-likeness (QED) is 0.0515. The third-order valence-electron chi connectivity index (χ3n) is 15.3. The largest absolute Gasteiger partial charge is 0.305 e. The predicted molar refractivity (Wildman–Crippen MR) is 319 cm³/mol. The average Bonchev–Trinajstić information content (AvgIpc) is 3.42. The van der Waals surface area contributed by atoms with Gasteiger partial charge in [-0.3, -0.25) is 38.9 Å². The number of Topliss-reactive ketones (excluding diaryl/α,β-unsaturated/α-hetero) is 4. The molecule has 1 saturated heterocycles. The molecule has 438 valence electrons. The molecule has 12 nitrogen and oxygen atoms in total. The lowest BCUT2D eigenvalue weighted by molar-refractivity contribution is -0.124. The van der Waals surface area contributed by atoms with Gasteiger partial charge in [0.2, 0.25) is 0 Å². The van der Waals surface area contributed by atoms with Gasteiger partial charge in [0.05, 0.1) is 18.6 Å². The summed E-state index contributed by atoms with van der Waals surface area (Å²) in [5.41, 5.74) is 9.46. The maximum atomic E-state index is 14.9. The number of pyridine rings is 4. The second-order valence-corrected chi connectivity index (χ2v) is 24.0. The molecule has 4 atom stereocenters. The van der Waals surface area contributed by atoms with Gasteiger partial charge in [-0.05, 0) is 172 Å². The topological polar surface area (TPSA) is 145 Å². The lowest BCUT2D eigenvalue weighted by Crippen LogP contribution is -2.58. The number of benzene rings is 2. The predicted octanol–water partition coefficient (Wildman–Crippen LogP) is 12.6. The number of carbonyl (C=O) groups excluding carboxylic acids is 4. The fourth-order valence-corrected chi connectivity index (χ4v) is 11.7. The van der Waals surface area contributed by atoms with Gasteiger partial charge in [0.1, 0.15) is 17.2 Å². The number of rotatable bonds is 26. The molecule has 4 aromatic heterocycles. The van der Waals surface area contributed by atoms with Gasteiger partial charge in [0.15, 0.2) is 11.6 Å². The van der Waals surface area contributed by atoms with Crippen molar-refractivity contribution in [2.24, 2.45) is 11.8 Å². The summed E-state index contributed by atoms with van der Waals surface area (Å²) in [6.45, 7) is 19.8. The summed E-state index contributed by atoms with van der Waals surface area (Å²) < 4.78 is 43.3. The molecule has 0 saturated carbocycles. The molecule has 15 heteroatoms. The van der Waals surface area contributed by atoms with Crippen molar-refractivity contribution >= 4 is 23.1 Å². The number of halogens is 3. The number of ketones is 4. The molecule has 1 aliphatic rings. The third-order valence-corrected chi connectivity index (χ3v) is 15.3. The van der Waals surface area contributed by atoms with Crippen LogP contribution in [0.5, 0.6) is 0 Å². The smallest absolute Gasteiger partial charge is 0.251 e. The maximum Gasteiger partial charge on any atom is 0.251 e. The fraction of sp³-hybridized carbons (Fsp3) is 0.463. The summed E-state index contributed by atoms with van der Waals surface area (Å²) in [6, 6.07) is 21.2. The Morgan fingerprint density at radius 1 is 0.610 bits per heavy atom. The molecule has 0 N–H and O–H groups in total. The SMILES string of the molecule is CC(=O)C[C@H](CC(=O)[C@H](CC(C)C)n1ccc(CC2(F)CN(C)C2)cc1=O)c1cncc(-c2c(C)cccc2C)c1.CC(=O)C[C@H](CC(=O)[C@H](CC(C)C)n1ccc(CN(C)CC(F)F)cc1=O)c1cncc(-c2c(C)cccc2C)c1. The lowest BCUT2D eigenvalue weighted by Gasteiger charge is -2.42. The Morgan fingerprint density at radius 3 is 1.38 bits per heavy atom. The van der Waals surface area contributed by atoms with E-state index < -0.39 is 30.7 Å². The number of alkyl halides is 3. The second kappa shape index (κ2) is 28.8. The van der Waals surface area contributed by atoms with Crippen molar-refractivity contribution in [2.45, 2.75) is 157 Å². The molecule has 82 heavy (non-hydrogen) atoms. The van der Waals surface area contributed by atoms with Gasteiger partial charge in [-0.2, -0.15) is 0 Å². The van der Waals surface area contributed by atoms with Crippen LogP contribution in [0.4, 0.5) is 13.2 Å². The zero-order valence-electron chi connectivity index (χ0n) is 50.0. The molecule has 2 aromatic carbocycles. The van der Waals surface area contributed by atoms with E-state index in [9.17, 15) is 41.9 Å². The molecule has 5 heterocycles. The number of nitrogens with zero attached hydrogens (tertiary/aromatic N) is 6. The van der Waals surface area contributed by atoms with Crippen molar-refractivity contribution in [1.29, 1.82) is 0 Å². The van der Waals surface area contributed by atoms with Gasteiger partial charge in [-0.1, -0.05) is 64.1 Å². The van der Waals surface area contributed by atoms with Crippen LogP contribution in [0.15, 0.2) is 120 Å². The Bertz CT molecular complexity index is 3280. The van der Waals surface area contributed by atoms with Crippen LogP contribution in [-0.4, -0.2) is 97.9 Å². The van der Waals surface area contributed by atoms with Crippen LogP contribution in [0.3, 0.4) is 0 Å². The van der Waals surface area contributed by atoms with E-state index in [4.69, 9.17) is 0 Å². The van der Waals surface area contributed by atoms with Crippen molar-refractivity contribution in [1.82, 2.24) is 28.9 Å². The number of hydrogen-bond donors (Lipinski definition) is 0. The minimum Gasteiger partial charge on any atom is -0.305 e. The molecule has 0 radical (unpaired) electrons. The zero-order valence-corrected chi connectivity index (χ0v) is 50.0. The Kier molecular flexibility index (Phi) is 22.6. The van der Waals surface area contributed by atoms with Crippen molar-refractivity contribution in [2.75, 3.05) is 33.7 Å². The average molecular weight is 1130 g/mol. The Labute approximate surface area is 482 Å². The fourth-order valence-electron chi connectivity index (χ4n) is 11.7. The van der Waals surface area contributed by atoms with Crippen LogP contribution >= 0.6 is 0 Å². The van der Waals surface area contributed by atoms with Gasteiger partial charge >= 0.3 is 0 Å². The van der Waals surface area contributed by atoms with Gasteiger partial charge in [-0.15, -0.1) is 0 Å². The van der Waals surface area contributed by atoms with E-state index in [1.165, 1.54) is 40.0 Å². The lowest BCUT2D eigenvalue weighted by atomic mass is 9.85. The van der Waals surface area contributed by atoms with Gasteiger partial charge in [-0.25, -0.2) is 13.2 Å². The summed E-state index contributed by atoms with van der Waals surface area (Å²) in [5, 5.41) is 0. The van der Waals surface area contributed by atoms with Crippen LogP contribution in [0.25, 0.3) is 22.3 Å². The van der Waals surface area contributed by atoms with Gasteiger partial charge in [0, 0.05) is 112 Å². The zero-order chi connectivity index (χ0) is 60.2. The highest BCUT2D eigenvalue weighted by molar-refractivity contribution is 5.86. The third kappa shape index (κ3) is 17.8. The Hall–Kier alpha value is -6.97. The standard InChI is InChI=1S/C34H42FN3O3.C33H41F2N3O3/c1-22(2)12-30(38-11-10-26(14-32(38)41)17-34(35)20-37(6)21-34)31(40)16-27(13-25(5)39)28-15-29(19-36-18-28)33-23(3)8-7-9-24(33)4;1-21(2)12-29(38-11-10-25(14-32(38)41)19-37(6)20-31(34)35)30(40)16-26(13-24(5)39)27-15-28(18-36-17-27)33-22(3)8-7-9-23(33)4/h7-11,14-15,18-19,22,27,30H,12-13,16-17,20-21H2,1-6H3;7-11,14-15,17-18,21,26,29,31H,12-13,16,19-20H2,1-6H3/t27-,30+;26-,29+/m11/s1. The van der Waals surface area contributed by atoms with E-state index in [-0.39, 0.29) is 96.6 Å². The summed E-state index contributed by atoms with van der Waals surface area (Å²) >= 11 is 0. The highest BCUT2D eigenvalue weighted by Crippen LogP contribution is 2.36. The van der Waals surface area contributed by atoms with Crippen LogP contribution in [0.1, 0.15) is 148 Å². The Morgan fingerprint density at radius 2 is 1.01 bits per heavy atom. The van der Waals surface area contributed by atoms with Crippen LogP contribution < -0.4 is 11.1 Å². The Balaban J connectivity index is 0.000000264. The minimum absolute atomic E-state index is 0.0102. The number of likely N-dealkylation sites (tertiary alicyclic amines) is 1. The van der Waals surface area contributed by atoms with Crippen molar-refractivity contribution in [3.05, 3.63) is 175 Å². The van der Waals surface area contributed by atoms with E-state index in [0.29, 0.717) is 37.1 Å². The van der Waals surface area contributed by atoms with Crippen LogP contribution in [-0.2, 0) is 32.1 Å². The number of aromatic nitrogens is 4. The molecular formula is C67H83F3N6O6. The maximum absolute atomic E-state index is 14.9. The molecule has 6 aromatic rings. The van der Waals surface area contributed by atoms with E-state index in [0.717, 1.165) is 55.6 Å². The monoisotopic (exact) mass is 1120 g/mol. The van der Waals surface area contributed by atoms with Crippen LogP contribution in [0, 0.1) is 39.5 Å². The van der Waals surface area contributed by atoms with Gasteiger partial charge in [0.25, 0.3) is 17.5 Å². The molecular weight excluding hydrogens is 1040 g/mol. The normalized spacial score (nSPS) is 14.7. The number of hydrogen-bond acceptors (Lipinski definition) is 10. The minimum atomic E-state index is -2.46. The molecule has 0 unspecified atom stereocenters. The molecule has 0 bridgehead atoms. The molecule has 7 rings (SSSR count). The summed E-state index contributed by atoms with van der Waals surface area (Å²) in [5.74, 6) is -0.720. The summed E-state index contributed by atoms with van der Waals surface area (Å²) in [6.07, 6.45) is 9.54. The first-order chi connectivity index (χ1) is 38.7.